The largest absolute Gasteiger partial charge is 0.495 e. The van der Waals surface area contributed by atoms with Gasteiger partial charge in [-0.1, -0.05) is 6.07 Å². The molecule has 2 heterocycles. The van der Waals surface area contributed by atoms with Crippen LogP contribution < -0.4 is 10.1 Å². The molecular formula is C17H21N3O4S. The summed E-state index contributed by atoms with van der Waals surface area (Å²) in [6.45, 7) is 3.71. The first kappa shape index (κ1) is 17.5. The minimum atomic E-state index is -3.01. The average Bonchev–Trinajstić information content (AvgIpc) is 3.09. The van der Waals surface area contributed by atoms with E-state index in [1.807, 2.05) is 19.1 Å². The van der Waals surface area contributed by atoms with Crippen molar-refractivity contribution in [2.24, 2.45) is 0 Å². The second-order valence-corrected chi connectivity index (χ2v) is 8.53. The highest BCUT2D eigenvalue weighted by molar-refractivity contribution is 7.91. The summed E-state index contributed by atoms with van der Waals surface area (Å²) >= 11 is 0. The SMILES string of the molecule is COc1ccc(C)cc1NC(=O)c1cnn(C2CCS(=O)(=O)C2)c1C. The lowest BCUT2D eigenvalue weighted by atomic mass is 10.2. The van der Waals surface area contributed by atoms with Gasteiger partial charge < -0.3 is 10.1 Å². The number of carbonyl (C=O) groups is 1. The number of rotatable bonds is 4. The predicted molar refractivity (Wildman–Crippen MR) is 95.0 cm³/mol. The number of anilines is 1. The minimum absolute atomic E-state index is 0.0717. The number of methoxy groups -OCH3 is 1. The van der Waals surface area contributed by atoms with Crippen molar-refractivity contribution in [3.63, 3.8) is 0 Å². The number of nitrogens with one attached hydrogen (secondary N) is 1. The summed E-state index contributed by atoms with van der Waals surface area (Å²) in [5.74, 6) is 0.515. The van der Waals surface area contributed by atoms with Gasteiger partial charge in [-0.25, -0.2) is 8.42 Å². The van der Waals surface area contributed by atoms with E-state index in [9.17, 15) is 13.2 Å². The summed E-state index contributed by atoms with van der Waals surface area (Å²) in [6, 6.07) is 5.32. The number of hydrogen-bond acceptors (Lipinski definition) is 5. The molecule has 1 unspecified atom stereocenters. The molecule has 0 radical (unpaired) electrons. The second-order valence-electron chi connectivity index (χ2n) is 6.30. The molecular weight excluding hydrogens is 342 g/mol. The van der Waals surface area contributed by atoms with Crippen LogP contribution in [0.4, 0.5) is 5.69 Å². The monoisotopic (exact) mass is 363 g/mol. The van der Waals surface area contributed by atoms with E-state index in [1.54, 1.807) is 24.8 Å². The zero-order valence-corrected chi connectivity index (χ0v) is 15.3. The molecule has 0 aliphatic carbocycles. The Balaban J connectivity index is 1.84. The highest BCUT2D eigenvalue weighted by Gasteiger charge is 2.31. The molecule has 1 aliphatic heterocycles. The lowest BCUT2D eigenvalue weighted by molar-refractivity contribution is 0.102. The third kappa shape index (κ3) is 3.53. The lowest BCUT2D eigenvalue weighted by Crippen LogP contribution is -2.16. The zero-order valence-electron chi connectivity index (χ0n) is 14.4. The third-order valence-corrected chi connectivity index (χ3v) is 6.20. The van der Waals surface area contributed by atoms with Gasteiger partial charge in [-0.05, 0) is 38.0 Å². The van der Waals surface area contributed by atoms with Gasteiger partial charge in [-0.2, -0.15) is 5.10 Å². The fourth-order valence-electron chi connectivity index (χ4n) is 3.09. The summed E-state index contributed by atoms with van der Waals surface area (Å²) in [5, 5.41) is 7.09. The smallest absolute Gasteiger partial charge is 0.259 e. The Hall–Kier alpha value is -2.35. The summed E-state index contributed by atoms with van der Waals surface area (Å²) in [7, 11) is -1.47. The molecule has 1 aromatic carbocycles. The number of amides is 1. The average molecular weight is 363 g/mol. The topological polar surface area (TPSA) is 90.3 Å². The van der Waals surface area contributed by atoms with E-state index < -0.39 is 9.84 Å². The molecule has 1 atom stereocenters. The normalized spacial score (nSPS) is 18.9. The molecule has 1 aliphatic rings. The Kier molecular flexibility index (Phi) is 4.55. The molecule has 2 aromatic rings. The van der Waals surface area contributed by atoms with Gasteiger partial charge in [-0.3, -0.25) is 9.48 Å². The van der Waals surface area contributed by atoms with Gasteiger partial charge in [-0.15, -0.1) is 0 Å². The molecule has 7 nitrogen and oxygen atoms in total. The number of carbonyl (C=O) groups excluding carboxylic acids is 1. The van der Waals surface area contributed by atoms with Crippen LogP contribution in [0.1, 0.15) is 34.1 Å². The van der Waals surface area contributed by atoms with E-state index >= 15 is 0 Å². The molecule has 25 heavy (non-hydrogen) atoms. The number of aryl methyl sites for hydroxylation is 1. The first-order valence-corrected chi connectivity index (χ1v) is 9.83. The molecule has 134 valence electrons. The fraction of sp³-hybridized carbons (Fsp3) is 0.412. The first-order valence-electron chi connectivity index (χ1n) is 8.01. The van der Waals surface area contributed by atoms with E-state index in [1.165, 1.54) is 6.20 Å². The Morgan fingerprint density at radius 1 is 1.36 bits per heavy atom. The zero-order chi connectivity index (χ0) is 18.2. The summed E-state index contributed by atoms with van der Waals surface area (Å²) in [6.07, 6.45) is 2.01. The Bertz CT molecular complexity index is 918. The van der Waals surface area contributed by atoms with Crippen LogP contribution >= 0.6 is 0 Å². The van der Waals surface area contributed by atoms with E-state index in [-0.39, 0.29) is 23.5 Å². The van der Waals surface area contributed by atoms with Gasteiger partial charge in [0.15, 0.2) is 9.84 Å². The van der Waals surface area contributed by atoms with Gasteiger partial charge in [0, 0.05) is 5.69 Å². The quantitative estimate of drug-likeness (QED) is 0.899. The highest BCUT2D eigenvalue weighted by atomic mass is 32.2. The highest BCUT2D eigenvalue weighted by Crippen LogP contribution is 2.28. The third-order valence-electron chi connectivity index (χ3n) is 4.45. The Morgan fingerprint density at radius 3 is 2.76 bits per heavy atom. The van der Waals surface area contributed by atoms with Gasteiger partial charge in [0.05, 0.1) is 42.1 Å². The molecule has 1 amide bonds. The maximum atomic E-state index is 12.6. The molecule has 1 saturated heterocycles. The fourth-order valence-corrected chi connectivity index (χ4v) is 4.78. The van der Waals surface area contributed by atoms with Crippen LogP contribution in [0.2, 0.25) is 0 Å². The summed E-state index contributed by atoms with van der Waals surface area (Å²) < 4.78 is 30.3. The van der Waals surface area contributed by atoms with Crippen molar-refractivity contribution < 1.29 is 17.9 Å². The maximum absolute atomic E-state index is 12.6. The number of benzene rings is 1. The van der Waals surface area contributed by atoms with Crippen molar-refractivity contribution in [3.8, 4) is 5.75 Å². The van der Waals surface area contributed by atoms with Crippen LogP contribution in [0.15, 0.2) is 24.4 Å². The number of nitrogens with zero attached hydrogens (tertiary/aromatic N) is 2. The molecule has 0 spiro atoms. The molecule has 1 fully saturated rings. The number of aromatic nitrogens is 2. The standard InChI is InChI=1S/C17H21N3O4S/c1-11-4-5-16(24-3)15(8-11)19-17(21)14-9-18-20(12(14)2)13-6-7-25(22,23)10-13/h4-5,8-9,13H,6-7,10H2,1-3H3,(H,19,21). The van der Waals surface area contributed by atoms with E-state index in [0.717, 1.165) is 5.56 Å². The van der Waals surface area contributed by atoms with Crippen molar-refractivity contribution in [3.05, 3.63) is 41.2 Å². The first-order chi connectivity index (χ1) is 11.8. The Morgan fingerprint density at radius 2 is 2.12 bits per heavy atom. The van der Waals surface area contributed by atoms with E-state index in [4.69, 9.17) is 4.74 Å². The number of sulfone groups is 1. The molecule has 1 aromatic heterocycles. The van der Waals surface area contributed by atoms with E-state index in [0.29, 0.717) is 29.1 Å². The summed E-state index contributed by atoms with van der Waals surface area (Å²) in [4.78, 5) is 12.6. The number of hydrogen-bond donors (Lipinski definition) is 1. The van der Waals surface area contributed by atoms with Crippen LogP contribution in [-0.4, -0.2) is 42.7 Å². The van der Waals surface area contributed by atoms with Crippen molar-refractivity contribution >= 4 is 21.4 Å². The van der Waals surface area contributed by atoms with Crippen LogP contribution in [-0.2, 0) is 9.84 Å². The van der Waals surface area contributed by atoms with Crippen LogP contribution in [0.3, 0.4) is 0 Å². The van der Waals surface area contributed by atoms with E-state index in [2.05, 4.69) is 10.4 Å². The van der Waals surface area contributed by atoms with Crippen molar-refractivity contribution in [2.75, 3.05) is 23.9 Å². The maximum Gasteiger partial charge on any atom is 0.259 e. The van der Waals surface area contributed by atoms with Crippen molar-refractivity contribution in [1.29, 1.82) is 0 Å². The van der Waals surface area contributed by atoms with Gasteiger partial charge in [0.1, 0.15) is 5.75 Å². The lowest BCUT2D eigenvalue weighted by Gasteiger charge is -2.13. The van der Waals surface area contributed by atoms with Crippen LogP contribution in [0, 0.1) is 13.8 Å². The van der Waals surface area contributed by atoms with Crippen molar-refractivity contribution in [1.82, 2.24) is 9.78 Å². The molecule has 0 bridgehead atoms. The molecule has 1 N–H and O–H groups in total. The van der Waals surface area contributed by atoms with Crippen LogP contribution in [0.5, 0.6) is 5.75 Å². The Labute approximate surface area is 146 Å². The minimum Gasteiger partial charge on any atom is -0.495 e. The number of ether oxygens (including phenoxy) is 1. The van der Waals surface area contributed by atoms with Gasteiger partial charge >= 0.3 is 0 Å². The van der Waals surface area contributed by atoms with Crippen LogP contribution in [0.25, 0.3) is 0 Å². The predicted octanol–water partition coefficient (Wildman–Crippen LogP) is 2.12. The molecule has 8 heteroatoms. The van der Waals surface area contributed by atoms with Gasteiger partial charge in [0.2, 0.25) is 0 Å². The molecule has 3 rings (SSSR count). The molecule has 0 saturated carbocycles. The second kappa shape index (κ2) is 6.51. The van der Waals surface area contributed by atoms with Gasteiger partial charge in [0.25, 0.3) is 5.91 Å². The van der Waals surface area contributed by atoms with Crippen molar-refractivity contribution in [2.45, 2.75) is 26.3 Å². The summed E-state index contributed by atoms with van der Waals surface area (Å²) in [5.41, 5.74) is 2.67.